The minimum atomic E-state index is -0.664. The summed E-state index contributed by atoms with van der Waals surface area (Å²) >= 11 is 3.10. The lowest BCUT2D eigenvalue weighted by atomic mass is 10.1. The van der Waals surface area contributed by atoms with Crippen LogP contribution in [0.2, 0.25) is 0 Å². The molecule has 2 heterocycles. The van der Waals surface area contributed by atoms with Gasteiger partial charge in [0, 0.05) is 43.0 Å². The zero-order valence-electron chi connectivity index (χ0n) is 19.2. The first-order chi connectivity index (χ1) is 16.6. The Labute approximate surface area is 207 Å². The van der Waals surface area contributed by atoms with Gasteiger partial charge in [0.05, 0.1) is 6.07 Å². The van der Waals surface area contributed by atoms with E-state index < -0.39 is 5.91 Å². The van der Waals surface area contributed by atoms with Crippen LogP contribution in [-0.4, -0.2) is 53.1 Å². The number of hydrogen-bond donors (Lipinski definition) is 2. The number of aryl methyl sites for hydroxylation is 1. The van der Waals surface area contributed by atoms with Crippen LogP contribution in [0.5, 0.6) is 0 Å². The van der Waals surface area contributed by atoms with Gasteiger partial charge in [-0.15, -0.1) is 11.3 Å². The predicted octanol–water partition coefficient (Wildman–Crippen LogP) is 1.08. The van der Waals surface area contributed by atoms with Gasteiger partial charge in [-0.1, -0.05) is 12.1 Å². The Bertz CT molecular complexity index is 1260. The number of thioether (sulfide) groups is 1. The van der Waals surface area contributed by atoms with Crippen LogP contribution in [0.1, 0.15) is 18.9 Å². The van der Waals surface area contributed by atoms with Gasteiger partial charge in [0.25, 0.3) is 11.5 Å². The minimum absolute atomic E-state index is 0.173. The molecule has 8 nitrogen and oxygen atoms in total. The van der Waals surface area contributed by atoms with Crippen molar-refractivity contribution >= 4 is 46.5 Å². The second-order valence-corrected chi connectivity index (χ2v) is 9.95. The Morgan fingerprint density at radius 3 is 2.76 bits per heavy atom. The first-order valence-corrected chi connectivity index (χ1v) is 13.2. The molecule has 10 heteroatoms. The number of carbonyl (C=O) groups is 1. The number of carbonyl (C=O) groups excluding carboxylic acids is 1. The SMILES string of the molecule is CCn1c(=O)/c(=C\Nc2cccc(CCCN3CCSCC3)c2)s/c1=C(/C#N)C(=O)NCC#N. The van der Waals surface area contributed by atoms with E-state index in [1.54, 1.807) is 13.1 Å². The predicted molar refractivity (Wildman–Crippen MR) is 138 cm³/mol. The number of benzene rings is 1. The van der Waals surface area contributed by atoms with Crippen molar-refractivity contribution in [2.24, 2.45) is 0 Å². The number of nitrogens with zero attached hydrogens (tertiary/aromatic N) is 4. The van der Waals surface area contributed by atoms with Crippen molar-refractivity contribution in [2.75, 3.05) is 43.0 Å². The minimum Gasteiger partial charge on any atom is -0.360 e. The molecule has 2 N–H and O–H groups in total. The Hall–Kier alpha value is -3.05. The highest BCUT2D eigenvalue weighted by Gasteiger charge is 2.15. The van der Waals surface area contributed by atoms with Crippen LogP contribution in [0.3, 0.4) is 0 Å². The molecule has 34 heavy (non-hydrogen) atoms. The molecular weight excluding hydrogens is 468 g/mol. The van der Waals surface area contributed by atoms with Crippen LogP contribution in [0.4, 0.5) is 5.69 Å². The summed E-state index contributed by atoms with van der Waals surface area (Å²) in [6, 6.07) is 11.8. The van der Waals surface area contributed by atoms with Crippen molar-refractivity contribution in [2.45, 2.75) is 26.3 Å². The highest BCUT2D eigenvalue weighted by atomic mass is 32.2. The standard InChI is InChI=1S/C24H28N6O2S2/c1-2-30-23(32)21(34-24(30)20(16-26)22(31)27-9-8-25)17-28-19-7-3-5-18(15-19)6-4-10-29-11-13-33-14-12-29/h3,5,7,15,17,28H,2,4,6,9-14H2,1H3,(H,27,31)/b21-17+,24-20-. The summed E-state index contributed by atoms with van der Waals surface area (Å²) in [5, 5.41) is 23.7. The lowest BCUT2D eigenvalue weighted by Gasteiger charge is -2.25. The van der Waals surface area contributed by atoms with Crippen molar-refractivity contribution in [3.8, 4) is 12.1 Å². The quantitative estimate of drug-likeness (QED) is 0.499. The second-order valence-electron chi connectivity index (χ2n) is 7.70. The molecule has 1 amide bonds. The zero-order chi connectivity index (χ0) is 24.3. The largest absolute Gasteiger partial charge is 0.360 e. The van der Waals surface area contributed by atoms with Crippen molar-refractivity contribution < 1.29 is 4.79 Å². The number of anilines is 1. The van der Waals surface area contributed by atoms with Crippen molar-refractivity contribution in [3.05, 3.63) is 49.4 Å². The van der Waals surface area contributed by atoms with E-state index in [0.29, 0.717) is 11.1 Å². The molecule has 1 fully saturated rings. The molecule has 1 aromatic heterocycles. The van der Waals surface area contributed by atoms with Crippen LogP contribution in [0.15, 0.2) is 29.1 Å². The molecule has 0 atom stereocenters. The van der Waals surface area contributed by atoms with Gasteiger partial charge in [0.2, 0.25) is 0 Å². The summed E-state index contributed by atoms with van der Waals surface area (Å²) in [6.45, 7) is 5.34. The Morgan fingerprint density at radius 1 is 1.26 bits per heavy atom. The van der Waals surface area contributed by atoms with Crippen molar-refractivity contribution in [3.63, 3.8) is 0 Å². The summed E-state index contributed by atoms with van der Waals surface area (Å²) in [6.07, 6.45) is 3.71. The number of amides is 1. The van der Waals surface area contributed by atoms with Crippen LogP contribution in [0.25, 0.3) is 11.8 Å². The Kier molecular flexibility index (Phi) is 9.77. The highest BCUT2D eigenvalue weighted by Crippen LogP contribution is 2.14. The zero-order valence-corrected chi connectivity index (χ0v) is 20.8. The monoisotopic (exact) mass is 496 g/mol. The van der Waals surface area contributed by atoms with E-state index in [0.717, 1.165) is 36.4 Å². The number of rotatable bonds is 9. The highest BCUT2D eigenvalue weighted by molar-refractivity contribution is 7.99. The van der Waals surface area contributed by atoms with Gasteiger partial charge in [-0.2, -0.15) is 22.3 Å². The molecule has 1 aromatic carbocycles. The first-order valence-electron chi connectivity index (χ1n) is 11.2. The molecule has 0 bridgehead atoms. The first kappa shape index (κ1) is 25.6. The molecule has 0 spiro atoms. The van der Waals surface area contributed by atoms with E-state index in [2.05, 4.69) is 27.7 Å². The van der Waals surface area contributed by atoms with Gasteiger partial charge >= 0.3 is 0 Å². The van der Waals surface area contributed by atoms with Crippen LogP contribution < -0.4 is 25.4 Å². The smallest absolute Gasteiger partial charge is 0.270 e. The van der Waals surface area contributed by atoms with Crippen molar-refractivity contribution in [1.82, 2.24) is 14.8 Å². The second kappa shape index (κ2) is 13.0. The molecule has 2 aromatic rings. The fraction of sp³-hybridized carbons (Fsp3) is 0.417. The summed E-state index contributed by atoms with van der Waals surface area (Å²) in [7, 11) is 0. The average molecular weight is 497 g/mol. The maximum Gasteiger partial charge on any atom is 0.270 e. The molecule has 178 valence electrons. The van der Waals surface area contributed by atoms with Gasteiger partial charge < -0.3 is 15.5 Å². The van der Waals surface area contributed by atoms with E-state index in [1.165, 1.54) is 34.7 Å². The van der Waals surface area contributed by atoms with Crippen LogP contribution in [0, 0.1) is 22.7 Å². The summed E-state index contributed by atoms with van der Waals surface area (Å²) < 4.78 is 2.08. The van der Waals surface area contributed by atoms with E-state index in [9.17, 15) is 14.9 Å². The third-order valence-corrected chi connectivity index (χ3v) is 7.52. The molecule has 0 saturated carbocycles. The number of nitrogens with one attached hydrogen (secondary N) is 2. The number of nitriles is 2. The molecular formula is C24H28N6O2S2. The molecule has 0 aliphatic carbocycles. The summed E-state index contributed by atoms with van der Waals surface area (Å²) in [5.74, 6) is 1.78. The molecule has 0 unspecified atom stereocenters. The lowest BCUT2D eigenvalue weighted by molar-refractivity contribution is -0.115. The molecule has 1 saturated heterocycles. The van der Waals surface area contributed by atoms with E-state index >= 15 is 0 Å². The fourth-order valence-electron chi connectivity index (χ4n) is 3.69. The Balaban J connectivity index is 1.76. The number of aromatic nitrogens is 1. The summed E-state index contributed by atoms with van der Waals surface area (Å²) in [4.78, 5) is 27.6. The van der Waals surface area contributed by atoms with Gasteiger partial charge in [-0.3, -0.25) is 14.2 Å². The van der Waals surface area contributed by atoms with E-state index in [-0.39, 0.29) is 22.3 Å². The normalized spacial score (nSPS) is 15.3. The molecule has 1 aliphatic heterocycles. The third-order valence-electron chi connectivity index (χ3n) is 5.45. The molecule has 3 rings (SSSR count). The van der Waals surface area contributed by atoms with E-state index in [4.69, 9.17) is 5.26 Å². The summed E-state index contributed by atoms with van der Waals surface area (Å²) in [5.41, 5.74) is 1.66. The topological polar surface area (TPSA) is 114 Å². The fourth-order valence-corrected chi connectivity index (χ4v) is 5.76. The van der Waals surface area contributed by atoms with Gasteiger partial charge in [-0.05, 0) is 44.0 Å². The Morgan fingerprint density at radius 2 is 2.06 bits per heavy atom. The van der Waals surface area contributed by atoms with Crippen LogP contribution in [-0.2, 0) is 17.8 Å². The molecule has 0 radical (unpaired) electrons. The lowest BCUT2D eigenvalue weighted by Crippen LogP contribution is -2.34. The maximum absolute atomic E-state index is 12.8. The number of hydrogen-bond acceptors (Lipinski definition) is 8. The van der Waals surface area contributed by atoms with Gasteiger partial charge in [0.1, 0.15) is 21.8 Å². The number of thiazole rings is 1. The van der Waals surface area contributed by atoms with E-state index in [1.807, 2.05) is 36.0 Å². The molecule has 1 aliphatic rings. The van der Waals surface area contributed by atoms with Crippen LogP contribution >= 0.6 is 23.1 Å². The van der Waals surface area contributed by atoms with Gasteiger partial charge in [-0.25, -0.2) is 0 Å². The average Bonchev–Trinajstić information content (AvgIpc) is 3.17. The third kappa shape index (κ3) is 6.73. The van der Waals surface area contributed by atoms with Crippen molar-refractivity contribution in [1.29, 1.82) is 10.5 Å². The van der Waals surface area contributed by atoms with Gasteiger partial charge in [0.15, 0.2) is 5.57 Å². The maximum atomic E-state index is 12.8.